The fourth-order valence-electron chi connectivity index (χ4n) is 4.71. The lowest BCUT2D eigenvalue weighted by atomic mass is 9.98. The van der Waals surface area contributed by atoms with Crippen molar-refractivity contribution in [3.8, 4) is 11.4 Å². The summed E-state index contributed by atoms with van der Waals surface area (Å²) in [5.41, 5.74) is 0.238. The van der Waals surface area contributed by atoms with Crippen molar-refractivity contribution in [3.63, 3.8) is 0 Å². The van der Waals surface area contributed by atoms with Crippen LogP contribution in [-0.2, 0) is 28.5 Å². The molecular weight excluding hydrogens is 538 g/mol. The van der Waals surface area contributed by atoms with Gasteiger partial charge in [0.2, 0.25) is 12.4 Å². The van der Waals surface area contributed by atoms with E-state index in [2.05, 4.69) is 20.4 Å². The quantitative estimate of drug-likeness (QED) is 0.300. The Labute approximate surface area is 223 Å². The molecule has 0 bridgehead atoms. The molecule has 5 rings (SSSR count). The van der Waals surface area contributed by atoms with Gasteiger partial charge in [-0.05, 0) is 44.7 Å². The standard InChI is InChI=1S/C25H31F3N5O5P/c1-3-37-39(34,38-4-2)15-36-22-14-35-10-7-19(22)31-24-30-13-21-17(26)11-20(33(21)32-24)18-6-5-16(12-29-18)25(8-9-25)23(27)28/h5-6,11-13,19,22-23H,3-4,7-10,14-15H2,1-2H3,(H,31,32)/t19-,22-/m1/s1. The maximum absolute atomic E-state index is 14.7. The number of rotatable bonds is 12. The summed E-state index contributed by atoms with van der Waals surface area (Å²) in [5.74, 6) is -0.326. The van der Waals surface area contributed by atoms with E-state index in [1.165, 1.54) is 23.0 Å². The van der Waals surface area contributed by atoms with Crippen molar-refractivity contribution in [1.82, 2.24) is 19.6 Å². The van der Waals surface area contributed by atoms with Gasteiger partial charge >= 0.3 is 7.60 Å². The minimum absolute atomic E-state index is 0.141. The zero-order valence-electron chi connectivity index (χ0n) is 21.7. The fourth-order valence-corrected chi connectivity index (χ4v) is 6.09. The van der Waals surface area contributed by atoms with Crippen LogP contribution in [0, 0.1) is 5.82 Å². The second-order valence-corrected chi connectivity index (χ2v) is 11.5. The molecule has 0 amide bonds. The Morgan fingerprint density at radius 1 is 1.21 bits per heavy atom. The first-order valence-corrected chi connectivity index (χ1v) is 14.6. The highest BCUT2D eigenvalue weighted by Gasteiger charge is 2.52. The van der Waals surface area contributed by atoms with Gasteiger partial charge in [-0.2, -0.15) is 0 Å². The smallest absolute Gasteiger partial charge is 0.356 e. The Morgan fingerprint density at radius 2 is 1.97 bits per heavy atom. The van der Waals surface area contributed by atoms with Crippen LogP contribution in [0.4, 0.5) is 19.1 Å². The summed E-state index contributed by atoms with van der Waals surface area (Å²) >= 11 is 0. The maximum Gasteiger partial charge on any atom is 0.356 e. The van der Waals surface area contributed by atoms with Crippen molar-refractivity contribution in [1.29, 1.82) is 0 Å². The third kappa shape index (κ3) is 5.83. The number of anilines is 1. The molecule has 1 saturated heterocycles. The highest BCUT2D eigenvalue weighted by Crippen LogP contribution is 2.52. The third-order valence-electron chi connectivity index (χ3n) is 6.99. The minimum atomic E-state index is -3.41. The van der Waals surface area contributed by atoms with Gasteiger partial charge in [-0.25, -0.2) is 22.7 Å². The number of nitrogens with zero attached hydrogens (tertiary/aromatic N) is 4. The summed E-state index contributed by atoms with van der Waals surface area (Å²) < 4.78 is 78.0. The van der Waals surface area contributed by atoms with E-state index < -0.39 is 31.4 Å². The van der Waals surface area contributed by atoms with E-state index in [4.69, 9.17) is 18.5 Å². The van der Waals surface area contributed by atoms with Crippen LogP contribution in [-0.4, -0.2) is 70.9 Å². The monoisotopic (exact) mass is 569 g/mol. The van der Waals surface area contributed by atoms with Crippen molar-refractivity contribution in [2.75, 3.05) is 38.1 Å². The van der Waals surface area contributed by atoms with E-state index in [9.17, 15) is 17.7 Å². The summed E-state index contributed by atoms with van der Waals surface area (Å²) in [6, 6.07) is 4.21. The summed E-state index contributed by atoms with van der Waals surface area (Å²) in [6.45, 7) is 4.60. The van der Waals surface area contributed by atoms with Gasteiger partial charge in [-0.3, -0.25) is 9.55 Å². The molecule has 1 aliphatic carbocycles. The molecule has 0 unspecified atom stereocenters. The molecule has 2 fully saturated rings. The number of alkyl halides is 2. The van der Waals surface area contributed by atoms with E-state index in [1.807, 2.05) is 0 Å². The highest BCUT2D eigenvalue weighted by molar-refractivity contribution is 7.53. The van der Waals surface area contributed by atoms with Crippen molar-refractivity contribution in [2.24, 2.45) is 0 Å². The first-order chi connectivity index (χ1) is 18.8. The second kappa shape index (κ2) is 11.5. The SMILES string of the molecule is CCOP(=O)(CO[C@@H]1COCC[C@H]1Nc1ncc2c(F)cc(-c3ccc(C4(C(F)F)CC4)cn3)n2n1)OCC. The van der Waals surface area contributed by atoms with Gasteiger partial charge < -0.3 is 23.8 Å². The average molecular weight is 570 g/mol. The van der Waals surface area contributed by atoms with Gasteiger partial charge in [0.25, 0.3) is 0 Å². The maximum atomic E-state index is 14.7. The molecule has 1 saturated carbocycles. The molecule has 39 heavy (non-hydrogen) atoms. The number of nitrogens with one attached hydrogen (secondary N) is 1. The van der Waals surface area contributed by atoms with Crippen LogP contribution in [0.5, 0.6) is 0 Å². The largest absolute Gasteiger partial charge is 0.379 e. The zero-order valence-corrected chi connectivity index (χ0v) is 22.6. The van der Waals surface area contributed by atoms with Crippen molar-refractivity contribution in [2.45, 2.75) is 57.1 Å². The Bertz CT molecular complexity index is 1330. The number of aromatic nitrogens is 4. The number of hydrogen-bond donors (Lipinski definition) is 1. The van der Waals surface area contributed by atoms with Crippen LogP contribution in [0.25, 0.3) is 16.9 Å². The molecule has 2 atom stereocenters. The third-order valence-corrected chi connectivity index (χ3v) is 8.76. The van der Waals surface area contributed by atoms with Crippen LogP contribution >= 0.6 is 7.60 Å². The first-order valence-electron chi connectivity index (χ1n) is 12.9. The van der Waals surface area contributed by atoms with E-state index in [0.717, 1.165) is 0 Å². The van der Waals surface area contributed by atoms with Crippen LogP contribution in [0.1, 0.15) is 38.7 Å². The molecule has 4 heterocycles. The zero-order chi connectivity index (χ0) is 27.6. The number of hydrogen-bond acceptors (Lipinski definition) is 9. The van der Waals surface area contributed by atoms with E-state index >= 15 is 0 Å². The Hall–Kier alpha value is -2.57. The van der Waals surface area contributed by atoms with Gasteiger partial charge in [0.05, 0.1) is 48.9 Å². The average Bonchev–Trinajstić information content (AvgIpc) is 3.68. The minimum Gasteiger partial charge on any atom is -0.379 e. The van der Waals surface area contributed by atoms with E-state index in [0.29, 0.717) is 42.8 Å². The Balaban J connectivity index is 1.35. The van der Waals surface area contributed by atoms with Crippen LogP contribution in [0.3, 0.4) is 0 Å². The van der Waals surface area contributed by atoms with Crippen molar-refractivity contribution < 1.29 is 36.3 Å². The lowest BCUT2D eigenvalue weighted by molar-refractivity contribution is -0.0479. The van der Waals surface area contributed by atoms with Crippen molar-refractivity contribution >= 4 is 19.1 Å². The van der Waals surface area contributed by atoms with Gasteiger partial charge in [0.1, 0.15) is 18.0 Å². The summed E-state index contributed by atoms with van der Waals surface area (Å²) in [6.07, 6.45) is 0.994. The van der Waals surface area contributed by atoms with Gasteiger partial charge in [-0.15, -0.1) is 5.10 Å². The fraction of sp³-hybridized carbons (Fsp3) is 0.560. The normalized spacial score (nSPS) is 21.0. The van der Waals surface area contributed by atoms with Gasteiger partial charge in [-0.1, -0.05) is 6.07 Å². The molecule has 2 aliphatic rings. The van der Waals surface area contributed by atoms with Gasteiger partial charge in [0.15, 0.2) is 5.82 Å². The highest BCUT2D eigenvalue weighted by atomic mass is 31.2. The molecule has 14 heteroatoms. The molecule has 3 aromatic heterocycles. The Kier molecular flexibility index (Phi) is 8.25. The predicted octanol–water partition coefficient (Wildman–Crippen LogP) is 5.04. The molecule has 0 spiro atoms. The van der Waals surface area contributed by atoms with Crippen LogP contribution in [0.15, 0.2) is 30.6 Å². The Morgan fingerprint density at radius 3 is 2.62 bits per heavy atom. The molecule has 1 N–H and O–H groups in total. The molecule has 3 aromatic rings. The topological polar surface area (TPSA) is 109 Å². The molecule has 212 valence electrons. The molecule has 1 aliphatic heterocycles. The number of pyridine rings is 1. The molecule has 10 nitrogen and oxygen atoms in total. The lowest BCUT2D eigenvalue weighted by Gasteiger charge is -2.32. The van der Waals surface area contributed by atoms with Crippen LogP contribution < -0.4 is 5.32 Å². The summed E-state index contributed by atoms with van der Waals surface area (Å²) in [4.78, 5) is 8.61. The van der Waals surface area contributed by atoms with Crippen molar-refractivity contribution in [3.05, 3.63) is 42.0 Å². The van der Waals surface area contributed by atoms with E-state index in [1.54, 1.807) is 26.0 Å². The number of fused-ring (bicyclic) bond motifs is 1. The van der Waals surface area contributed by atoms with Gasteiger partial charge in [0, 0.05) is 18.9 Å². The molecular formula is C25H31F3N5O5P. The second-order valence-electron chi connectivity index (χ2n) is 9.54. The summed E-state index contributed by atoms with van der Waals surface area (Å²) in [7, 11) is -3.41. The van der Waals surface area contributed by atoms with E-state index in [-0.39, 0.29) is 43.7 Å². The predicted molar refractivity (Wildman–Crippen MR) is 137 cm³/mol. The lowest BCUT2D eigenvalue weighted by Crippen LogP contribution is -2.44. The number of halogens is 3. The van der Waals surface area contributed by atoms with Crippen LogP contribution in [0.2, 0.25) is 0 Å². The number of ether oxygens (including phenoxy) is 2. The summed E-state index contributed by atoms with van der Waals surface area (Å²) in [5, 5.41) is 7.69. The molecule has 0 radical (unpaired) electrons. The molecule has 0 aromatic carbocycles. The first kappa shape index (κ1) is 28.0.